The van der Waals surface area contributed by atoms with Crippen molar-refractivity contribution in [3.05, 3.63) is 42.5 Å². The van der Waals surface area contributed by atoms with Crippen molar-refractivity contribution in [1.29, 1.82) is 0 Å². The molecule has 1 N–H and O–H groups in total. The fourth-order valence-corrected chi connectivity index (χ4v) is 4.39. The van der Waals surface area contributed by atoms with Crippen molar-refractivity contribution in [2.45, 2.75) is 33.2 Å². The molecule has 33 heavy (non-hydrogen) atoms. The Kier molecular flexibility index (Phi) is 12.3. The van der Waals surface area contributed by atoms with Gasteiger partial charge in [-0.3, -0.25) is 9.69 Å². The van der Waals surface area contributed by atoms with E-state index in [0.29, 0.717) is 6.54 Å². The normalized spacial score (nSPS) is 20.5. The van der Waals surface area contributed by atoms with Gasteiger partial charge < -0.3 is 24.8 Å². The maximum absolute atomic E-state index is 11.6. The van der Waals surface area contributed by atoms with Gasteiger partial charge in [0.25, 0.3) is 0 Å². The molecule has 1 fully saturated rings. The van der Waals surface area contributed by atoms with E-state index in [0.717, 1.165) is 83.8 Å². The first-order valence-electron chi connectivity index (χ1n) is 12.4. The summed E-state index contributed by atoms with van der Waals surface area (Å²) in [7, 11) is 0. The monoisotopic (exact) mass is 457 g/mol. The Morgan fingerprint density at radius 3 is 2.00 bits per heavy atom. The van der Waals surface area contributed by atoms with Gasteiger partial charge in [-0.1, -0.05) is 39.5 Å². The molecular weight excluding hydrogens is 414 g/mol. The van der Waals surface area contributed by atoms with Gasteiger partial charge >= 0.3 is 0 Å². The minimum absolute atomic E-state index is 0.209. The minimum atomic E-state index is -0.209. The number of aldehydes is 1. The zero-order valence-corrected chi connectivity index (χ0v) is 20.8. The molecule has 1 amide bonds. The van der Waals surface area contributed by atoms with Crippen LogP contribution < -0.4 is 5.32 Å². The van der Waals surface area contributed by atoms with E-state index in [9.17, 15) is 9.59 Å². The topological polar surface area (TPSA) is 59.1 Å². The Hall–Kier alpha value is -2.06. The van der Waals surface area contributed by atoms with Gasteiger partial charge in [-0.2, -0.15) is 0 Å². The fourth-order valence-electron chi connectivity index (χ4n) is 4.39. The lowest BCUT2D eigenvalue weighted by Gasteiger charge is -2.38. The third kappa shape index (κ3) is 9.37. The molecule has 0 radical (unpaired) electrons. The van der Waals surface area contributed by atoms with Crippen molar-refractivity contribution in [3.8, 4) is 0 Å². The lowest BCUT2D eigenvalue weighted by molar-refractivity contribution is -0.112. The number of nitrogens with one attached hydrogen (secondary N) is 1. The highest BCUT2D eigenvalue weighted by Gasteiger charge is 2.23. The van der Waals surface area contributed by atoms with Crippen molar-refractivity contribution >= 4 is 17.9 Å². The molecule has 0 bridgehead atoms. The molecule has 1 unspecified atom stereocenters. The van der Waals surface area contributed by atoms with Gasteiger partial charge in [0, 0.05) is 57.5 Å². The van der Waals surface area contributed by atoms with Crippen molar-refractivity contribution < 1.29 is 9.59 Å². The van der Waals surface area contributed by atoms with Gasteiger partial charge in [0.05, 0.1) is 6.54 Å². The number of amides is 1. The zero-order chi connectivity index (χ0) is 24.1. The van der Waals surface area contributed by atoms with Gasteiger partial charge in [-0.05, 0) is 49.8 Å². The molecule has 0 saturated carbocycles. The van der Waals surface area contributed by atoms with E-state index in [1.807, 2.05) is 12.1 Å². The largest absolute Gasteiger partial charge is 0.323 e. The molecule has 1 aromatic rings. The Labute approximate surface area is 200 Å². The van der Waals surface area contributed by atoms with Crippen LogP contribution in [0.1, 0.15) is 26.3 Å². The van der Waals surface area contributed by atoms with E-state index in [2.05, 4.69) is 64.4 Å². The van der Waals surface area contributed by atoms with Crippen LogP contribution in [0.15, 0.2) is 36.9 Å². The van der Waals surface area contributed by atoms with E-state index in [1.165, 1.54) is 11.6 Å². The first kappa shape index (κ1) is 27.2. The maximum atomic E-state index is 11.6. The van der Waals surface area contributed by atoms with Crippen molar-refractivity contribution in [1.82, 2.24) is 19.6 Å². The van der Waals surface area contributed by atoms with Gasteiger partial charge in [0.1, 0.15) is 6.29 Å². The van der Waals surface area contributed by atoms with Crippen LogP contribution in [0.25, 0.3) is 0 Å². The van der Waals surface area contributed by atoms with Gasteiger partial charge in [0.2, 0.25) is 5.91 Å². The summed E-state index contributed by atoms with van der Waals surface area (Å²) in [5, 5.41) is 2.80. The van der Waals surface area contributed by atoms with Crippen LogP contribution in [0, 0.1) is 0 Å². The predicted molar refractivity (Wildman–Crippen MR) is 137 cm³/mol. The highest BCUT2D eigenvalue weighted by atomic mass is 16.1. The summed E-state index contributed by atoms with van der Waals surface area (Å²) in [5.41, 5.74) is 1.97. The third-order valence-corrected chi connectivity index (χ3v) is 6.68. The second-order valence-corrected chi connectivity index (χ2v) is 8.67. The van der Waals surface area contributed by atoms with Crippen LogP contribution in [-0.4, -0.2) is 110 Å². The molecule has 0 spiro atoms. The lowest BCUT2D eigenvalue weighted by atomic mass is 10.0. The number of benzene rings is 1. The molecular formula is C26H43N5O2. The smallest absolute Gasteiger partial charge is 0.247 e. The Bertz CT molecular complexity index is 724. The minimum Gasteiger partial charge on any atom is -0.323 e. The van der Waals surface area contributed by atoms with Crippen molar-refractivity contribution in [2.24, 2.45) is 0 Å². The Morgan fingerprint density at radius 1 is 0.939 bits per heavy atom. The number of anilines is 1. The first-order valence-corrected chi connectivity index (χ1v) is 12.4. The summed E-state index contributed by atoms with van der Waals surface area (Å²) < 4.78 is 0. The standard InChI is InChI=1S/C26H43N5O2/c1-5-26(33)27-24-11-9-23(10-12-24)21-25-22-30(8-4)16-15-28(6-2)13-14-29(7-3)17-18-31(25)19-20-32/h5,9-12,20,25H,1,6-8,13-19,21-22H2,2-4H3,(H,27,33). The van der Waals surface area contributed by atoms with E-state index in [1.54, 1.807) is 0 Å². The molecule has 184 valence electrons. The van der Waals surface area contributed by atoms with Crippen LogP contribution in [-0.2, 0) is 16.0 Å². The lowest BCUT2D eigenvalue weighted by Crippen LogP contribution is -2.51. The summed E-state index contributed by atoms with van der Waals surface area (Å²) in [6, 6.07) is 8.26. The SMILES string of the molecule is C=CC(=O)Nc1ccc(CC2CN(CC)CCN(CC)CCN(CC)CCN2CC=O)cc1. The third-order valence-electron chi connectivity index (χ3n) is 6.68. The fraction of sp³-hybridized carbons (Fsp3) is 0.615. The summed E-state index contributed by atoms with van der Waals surface area (Å²) >= 11 is 0. The molecule has 7 heteroatoms. The molecule has 1 atom stereocenters. The first-order chi connectivity index (χ1) is 16.0. The number of nitrogens with zero attached hydrogens (tertiary/aromatic N) is 4. The highest BCUT2D eigenvalue weighted by Crippen LogP contribution is 2.15. The van der Waals surface area contributed by atoms with Gasteiger partial charge in [-0.15, -0.1) is 0 Å². The highest BCUT2D eigenvalue weighted by molar-refractivity contribution is 5.98. The predicted octanol–water partition coefficient (Wildman–Crippen LogP) is 2.20. The number of rotatable bonds is 9. The molecule has 0 aromatic heterocycles. The van der Waals surface area contributed by atoms with E-state index >= 15 is 0 Å². The van der Waals surface area contributed by atoms with E-state index < -0.39 is 0 Å². The molecule has 1 aliphatic heterocycles. The number of likely N-dealkylation sites (N-methyl/N-ethyl adjacent to an activating group) is 3. The molecule has 1 heterocycles. The maximum Gasteiger partial charge on any atom is 0.247 e. The second-order valence-electron chi connectivity index (χ2n) is 8.67. The van der Waals surface area contributed by atoms with E-state index in [4.69, 9.17) is 0 Å². The molecule has 7 nitrogen and oxygen atoms in total. The number of carbonyl (C=O) groups excluding carboxylic acids is 2. The summed E-state index contributed by atoms with van der Waals surface area (Å²) in [4.78, 5) is 33.1. The Morgan fingerprint density at radius 2 is 1.48 bits per heavy atom. The van der Waals surface area contributed by atoms with Gasteiger partial charge in [0.15, 0.2) is 0 Å². The van der Waals surface area contributed by atoms with Crippen LogP contribution >= 0.6 is 0 Å². The number of hydrogen-bond acceptors (Lipinski definition) is 6. The van der Waals surface area contributed by atoms with Crippen molar-refractivity contribution in [3.63, 3.8) is 0 Å². The molecule has 0 aliphatic carbocycles. The molecule has 1 aromatic carbocycles. The summed E-state index contributed by atoms with van der Waals surface area (Å²) in [6.45, 7) is 20.8. The van der Waals surface area contributed by atoms with Crippen LogP contribution in [0.3, 0.4) is 0 Å². The average molecular weight is 458 g/mol. The Balaban J connectivity index is 2.21. The van der Waals surface area contributed by atoms with Gasteiger partial charge in [-0.25, -0.2) is 0 Å². The average Bonchev–Trinajstić information content (AvgIpc) is 2.83. The van der Waals surface area contributed by atoms with Crippen LogP contribution in [0.2, 0.25) is 0 Å². The number of hydrogen-bond donors (Lipinski definition) is 1. The van der Waals surface area contributed by atoms with Crippen LogP contribution in [0.4, 0.5) is 5.69 Å². The quantitative estimate of drug-likeness (QED) is 0.453. The second kappa shape index (κ2) is 15.0. The molecule has 2 rings (SSSR count). The summed E-state index contributed by atoms with van der Waals surface area (Å²) in [5.74, 6) is -0.209. The molecule has 1 saturated heterocycles. The van der Waals surface area contributed by atoms with E-state index in [-0.39, 0.29) is 11.9 Å². The molecule has 1 aliphatic rings. The van der Waals surface area contributed by atoms with Crippen molar-refractivity contribution in [2.75, 3.05) is 77.3 Å². The zero-order valence-electron chi connectivity index (χ0n) is 20.8. The number of carbonyl (C=O) groups is 2. The van der Waals surface area contributed by atoms with Crippen LogP contribution in [0.5, 0.6) is 0 Å². The summed E-state index contributed by atoms with van der Waals surface area (Å²) in [6.07, 6.45) is 3.18.